The zero-order valence-corrected chi connectivity index (χ0v) is 9.45. The van der Waals surface area contributed by atoms with Crippen LogP contribution in [0.25, 0.3) is 0 Å². The molecule has 0 amide bonds. The van der Waals surface area contributed by atoms with Crippen molar-refractivity contribution < 1.29 is 23.1 Å². The summed E-state index contributed by atoms with van der Waals surface area (Å²) in [5.41, 5.74) is -5.79. The largest absolute Gasteiger partial charge is 0.478 e. The summed E-state index contributed by atoms with van der Waals surface area (Å²) in [6.45, 7) is 0. The molecule has 90 valence electrons. The van der Waals surface area contributed by atoms with Crippen molar-refractivity contribution in [3.05, 3.63) is 28.3 Å². The number of thioether (sulfide) groups is 1. The van der Waals surface area contributed by atoms with Gasteiger partial charge in [-0.25, -0.2) is 4.79 Å². The molecule has 0 saturated carbocycles. The fraction of sp³-hybridized carbons (Fsp3) is 0.111. The Morgan fingerprint density at radius 2 is 2.06 bits per heavy atom. The topological polar surface area (TPSA) is 61.1 Å². The minimum absolute atomic E-state index is 0.218. The van der Waals surface area contributed by atoms with Crippen LogP contribution in [-0.2, 0) is 0 Å². The van der Waals surface area contributed by atoms with Gasteiger partial charge >= 0.3 is 11.5 Å². The minimum atomic E-state index is -4.69. The fourth-order valence-corrected chi connectivity index (χ4v) is 2.06. The van der Waals surface area contributed by atoms with E-state index in [2.05, 4.69) is 0 Å². The van der Waals surface area contributed by atoms with E-state index in [0.717, 1.165) is 12.1 Å². The smallest absolute Gasteiger partial charge is 0.446 e. The van der Waals surface area contributed by atoms with E-state index in [1.807, 2.05) is 0 Å². The first-order valence-corrected chi connectivity index (χ1v) is 5.17. The SMILES string of the molecule is N#Cc1c(Cl)ccc(C(=O)O)c1SC(F)(F)F. The number of carboxylic acids is 1. The molecule has 0 aliphatic heterocycles. The molecule has 0 radical (unpaired) electrons. The van der Waals surface area contributed by atoms with Crippen molar-refractivity contribution in [2.45, 2.75) is 10.4 Å². The second-order valence-electron chi connectivity index (χ2n) is 2.76. The molecule has 0 aliphatic rings. The van der Waals surface area contributed by atoms with Crippen molar-refractivity contribution in [2.24, 2.45) is 0 Å². The number of nitrogens with zero attached hydrogens (tertiary/aromatic N) is 1. The van der Waals surface area contributed by atoms with E-state index in [9.17, 15) is 18.0 Å². The molecule has 0 bridgehead atoms. The number of hydrogen-bond acceptors (Lipinski definition) is 3. The van der Waals surface area contributed by atoms with Crippen molar-refractivity contribution in [3.8, 4) is 6.07 Å². The maximum atomic E-state index is 12.3. The van der Waals surface area contributed by atoms with Crippen LogP contribution in [0, 0.1) is 11.3 Å². The van der Waals surface area contributed by atoms with Crippen molar-refractivity contribution >= 4 is 29.3 Å². The summed E-state index contributed by atoms with van der Waals surface area (Å²) in [6, 6.07) is 3.47. The molecule has 0 spiro atoms. The first kappa shape index (κ1) is 13.7. The summed E-state index contributed by atoms with van der Waals surface area (Å²) < 4.78 is 36.8. The zero-order valence-electron chi connectivity index (χ0n) is 7.88. The third kappa shape index (κ3) is 3.28. The Balaban J connectivity index is 3.46. The van der Waals surface area contributed by atoms with E-state index in [4.69, 9.17) is 22.0 Å². The van der Waals surface area contributed by atoms with Gasteiger partial charge in [0.05, 0.1) is 16.1 Å². The summed E-state index contributed by atoms with van der Waals surface area (Å²) >= 11 is 4.87. The molecule has 0 fully saturated rings. The molecule has 0 saturated heterocycles. The number of benzene rings is 1. The average molecular weight is 282 g/mol. The van der Waals surface area contributed by atoms with Crippen LogP contribution in [0.2, 0.25) is 5.02 Å². The van der Waals surface area contributed by atoms with E-state index < -0.39 is 39.3 Å². The van der Waals surface area contributed by atoms with E-state index in [0.29, 0.717) is 0 Å². The van der Waals surface area contributed by atoms with Crippen molar-refractivity contribution in [2.75, 3.05) is 0 Å². The standard InChI is InChI=1S/C9H3ClF3NO2S/c10-6-2-1-4(8(15)16)7(5(6)3-14)17-9(11,12)13/h1-2H,(H,15,16). The Morgan fingerprint density at radius 1 is 1.47 bits per heavy atom. The Kier molecular flexibility index (Phi) is 3.91. The molecular weight excluding hydrogens is 279 g/mol. The Labute approximate surface area is 103 Å². The van der Waals surface area contributed by atoms with Crippen LogP contribution in [0.4, 0.5) is 13.2 Å². The highest BCUT2D eigenvalue weighted by molar-refractivity contribution is 8.00. The van der Waals surface area contributed by atoms with Crippen molar-refractivity contribution in [3.63, 3.8) is 0 Å². The van der Waals surface area contributed by atoms with Crippen molar-refractivity contribution in [1.29, 1.82) is 5.26 Å². The first-order valence-electron chi connectivity index (χ1n) is 3.98. The van der Waals surface area contributed by atoms with E-state index in [1.54, 1.807) is 0 Å². The molecule has 0 aromatic heterocycles. The molecule has 1 aromatic carbocycles. The van der Waals surface area contributed by atoms with Crippen LogP contribution >= 0.6 is 23.4 Å². The fourth-order valence-electron chi connectivity index (χ4n) is 1.05. The molecule has 1 aromatic rings. The third-order valence-corrected chi connectivity index (χ3v) is 2.84. The number of alkyl halides is 3. The van der Waals surface area contributed by atoms with Gasteiger partial charge in [-0.2, -0.15) is 18.4 Å². The quantitative estimate of drug-likeness (QED) is 0.843. The van der Waals surface area contributed by atoms with Crippen LogP contribution in [-0.4, -0.2) is 16.6 Å². The molecule has 8 heteroatoms. The monoisotopic (exact) mass is 281 g/mol. The summed E-state index contributed by atoms with van der Waals surface area (Å²) in [4.78, 5) is 10.1. The molecule has 0 heterocycles. The molecule has 1 rings (SSSR count). The van der Waals surface area contributed by atoms with Crippen LogP contribution in [0.15, 0.2) is 17.0 Å². The van der Waals surface area contributed by atoms with Crippen molar-refractivity contribution in [1.82, 2.24) is 0 Å². The van der Waals surface area contributed by atoms with Gasteiger partial charge in [-0.1, -0.05) is 11.6 Å². The molecule has 1 N–H and O–H groups in total. The number of halogens is 4. The number of carbonyl (C=O) groups is 1. The Hall–Kier alpha value is -1.39. The van der Waals surface area contributed by atoms with Crippen LogP contribution in [0.3, 0.4) is 0 Å². The van der Waals surface area contributed by atoms with Gasteiger partial charge in [0, 0.05) is 4.90 Å². The molecule has 3 nitrogen and oxygen atoms in total. The van der Waals surface area contributed by atoms with Crippen LogP contribution in [0.5, 0.6) is 0 Å². The maximum absolute atomic E-state index is 12.3. The molecule has 0 unspecified atom stereocenters. The third-order valence-electron chi connectivity index (χ3n) is 1.67. The Bertz CT molecular complexity index is 510. The second-order valence-corrected chi connectivity index (χ2v) is 4.25. The van der Waals surface area contributed by atoms with Gasteiger partial charge in [0.15, 0.2) is 0 Å². The molecule has 0 atom stereocenters. The summed E-state index contributed by atoms with van der Waals surface area (Å²) in [5, 5.41) is 17.2. The lowest BCUT2D eigenvalue weighted by Gasteiger charge is -2.10. The number of carboxylic acid groups (broad SMARTS) is 1. The molecule has 17 heavy (non-hydrogen) atoms. The normalized spacial score (nSPS) is 11.0. The van der Waals surface area contributed by atoms with E-state index in [-0.39, 0.29) is 5.02 Å². The highest BCUT2D eigenvalue weighted by atomic mass is 35.5. The minimum Gasteiger partial charge on any atom is -0.478 e. The highest BCUT2D eigenvalue weighted by Crippen LogP contribution is 2.42. The summed E-state index contributed by atoms with van der Waals surface area (Å²) in [5.74, 6) is -1.55. The van der Waals surface area contributed by atoms with Gasteiger partial charge in [-0.15, -0.1) is 0 Å². The van der Waals surface area contributed by atoms with Gasteiger partial charge in [0.1, 0.15) is 6.07 Å². The summed E-state index contributed by atoms with van der Waals surface area (Å²) in [6.07, 6.45) is 0. The number of rotatable bonds is 2. The van der Waals surface area contributed by atoms with Gasteiger partial charge in [-0.05, 0) is 23.9 Å². The predicted molar refractivity (Wildman–Crippen MR) is 55.0 cm³/mol. The predicted octanol–water partition coefficient (Wildman–Crippen LogP) is 3.52. The molecular formula is C9H3ClF3NO2S. The number of nitriles is 1. The lowest BCUT2D eigenvalue weighted by Crippen LogP contribution is -2.06. The van der Waals surface area contributed by atoms with Gasteiger partial charge < -0.3 is 5.11 Å². The zero-order chi connectivity index (χ0) is 13.2. The number of aromatic carboxylic acids is 1. The first-order chi connectivity index (χ1) is 7.76. The second kappa shape index (κ2) is 4.85. The lowest BCUT2D eigenvalue weighted by molar-refractivity contribution is -0.0328. The summed E-state index contributed by atoms with van der Waals surface area (Å²) in [7, 11) is 0. The van der Waals surface area contributed by atoms with E-state index >= 15 is 0 Å². The maximum Gasteiger partial charge on any atom is 0.446 e. The van der Waals surface area contributed by atoms with E-state index in [1.165, 1.54) is 6.07 Å². The van der Waals surface area contributed by atoms with Crippen LogP contribution < -0.4 is 0 Å². The van der Waals surface area contributed by atoms with Crippen LogP contribution in [0.1, 0.15) is 15.9 Å². The Morgan fingerprint density at radius 3 is 2.47 bits per heavy atom. The van der Waals surface area contributed by atoms with Gasteiger partial charge in [-0.3, -0.25) is 0 Å². The lowest BCUT2D eigenvalue weighted by atomic mass is 10.1. The van der Waals surface area contributed by atoms with Gasteiger partial charge in [0.2, 0.25) is 0 Å². The number of hydrogen-bond donors (Lipinski definition) is 1. The van der Waals surface area contributed by atoms with Gasteiger partial charge in [0.25, 0.3) is 0 Å². The highest BCUT2D eigenvalue weighted by Gasteiger charge is 2.33. The average Bonchev–Trinajstić information content (AvgIpc) is 2.15. The molecule has 0 aliphatic carbocycles.